The number of hydrogen-bond acceptors (Lipinski definition) is 5. The van der Waals surface area contributed by atoms with E-state index in [1.807, 2.05) is 0 Å². The van der Waals surface area contributed by atoms with Gasteiger partial charge in [-0.3, -0.25) is 9.69 Å². The molecule has 7 heteroatoms. The molecular formula is C11H21N3O4. The summed E-state index contributed by atoms with van der Waals surface area (Å²) >= 11 is 0. The topological polar surface area (TPSA) is 116 Å². The summed E-state index contributed by atoms with van der Waals surface area (Å²) in [5.41, 5.74) is 5.09. The quantitative estimate of drug-likeness (QED) is 0.466. The minimum Gasteiger partial charge on any atom is -0.481 e. The molecule has 0 saturated carbocycles. The highest BCUT2D eigenvalue weighted by molar-refractivity contribution is 5.91. The van der Waals surface area contributed by atoms with Crippen molar-refractivity contribution < 1.29 is 19.8 Å². The fourth-order valence-electron chi connectivity index (χ4n) is 1.38. The molecule has 0 aromatic heterocycles. The second-order valence-corrected chi connectivity index (χ2v) is 3.86. The lowest BCUT2D eigenvalue weighted by Gasteiger charge is -2.26. The van der Waals surface area contributed by atoms with Gasteiger partial charge in [-0.1, -0.05) is 6.58 Å². The van der Waals surface area contributed by atoms with Crippen molar-refractivity contribution in [3.63, 3.8) is 0 Å². The van der Waals surface area contributed by atoms with Crippen LogP contribution >= 0.6 is 0 Å². The van der Waals surface area contributed by atoms with Crippen molar-refractivity contribution in [2.45, 2.75) is 6.42 Å². The van der Waals surface area contributed by atoms with Crippen molar-refractivity contribution in [1.82, 2.24) is 10.2 Å². The molecule has 0 aromatic carbocycles. The molecule has 5 N–H and O–H groups in total. The van der Waals surface area contributed by atoms with E-state index >= 15 is 0 Å². The van der Waals surface area contributed by atoms with Crippen LogP contribution in [-0.2, 0) is 9.59 Å². The van der Waals surface area contributed by atoms with E-state index in [-0.39, 0.29) is 5.57 Å². The van der Waals surface area contributed by atoms with Crippen LogP contribution in [0.5, 0.6) is 0 Å². The summed E-state index contributed by atoms with van der Waals surface area (Å²) < 4.78 is 0. The summed E-state index contributed by atoms with van der Waals surface area (Å²) in [4.78, 5) is 22.0. The lowest BCUT2D eigenvalue weighted by Crippen LogP contribution is -2.45. The van der Waals surface area contributed by atoms with E-state index in [2.05, 4.69) is 16.8 Å². The zero-order valence-electron chi connectivity index (χ0n) is 10.4. The van der Waals surface area contributed by atoms with Crippen LogP contribution in [0.25, 0.3) is 0 Å². The first kappa shape index (κ1) is 16.6. The maximum Gasteiger partial charge on any atom is 0.331 e. The van der Waals surface area contributed by atoms with Gasteiger partial charge in [0.25, 0.3) is 0 Å². The van der Waals surface area contributed by atoms with Gasteiger partial charge in [0.05, 0.1) is 6.42 Å². The maximum atomic E-state index is 9.87. The van der Waals surface area contributed by atoms with E-state index in [4.69, 9.17) is 15.9 Å². The molecule has 7 nitrogen and oxygen atoms in total. The summed E-state index contributed by atoms with van der Waals surface area (Å²) in [5, 5.41) is 19.4. The third kappa shape index (κ3) is 8.68. The number of carboxylic acid groups (broad SMARTS) is 2. The van der Waals surface area contributed by atoms with Gasteiger partial charge in [-0.2, -0.15) is 0 Å². The zero-order valence-corrected chi connectivity index (χ0v) is 10.4. The average molecular weight is 259 g/mol. The molecule has 0 unspecified atom stereocenters. The van der Waals surface area contributed by atoms with Crippen LogP contribution in [0.15, 0.2) is 12.2 Å². The van der Waals surface area contributed by atoms with E-state index < -0.39 is 18.4 Å². The largest absolute Gasteiger partial charge is 0.481 e. The Morgan fingerprint density at radius 2 is 1.83 bits per heavy atom. The highest BCUT2D eigenvalue weighted by Gasteiger charge is 2.07. The third-order valence-electron chi connectivity index (χ3n) is 2.32. The van der Waals surface area contributed by atoms with Crippen molar-refractivity contribution >= 4 is 11.9 Å². The molecule has 1 fully saturated rings. The molecule has 0 amide bonds. The molecule has 0 aliphatic carbocycles. The van der Waals surface area contributed by atoms with Gasteiger partial charge in [-0.25, -0.2) is 4.79 Å². The molecule has 1 aliphatic heterocycles. The Labute approximate surface area is 106 Å². The Morgan fingerprint density at radius 3 is 2.17 bits per heavy atom. The lowest BCUT2D eigenvalue weighted by molar-refractivity contribution is -0.139. The van der Waals surface area contributed by atoms with Gasteiger partial charge in [0.2, 0.25) is 0 Å². The normalized spacial score (nSPS) is 15.4. The maximum absolute atomic E-state index is 9.87. The van der Waals surface area contributed by atoms with Gasteiger partial charge in [-0.05, 0) is 0 Å². The van der Waals surface area contributed by atoms with Gasteiger partial charge in [-0.15, -0.1) is 0 Å². The third-order valence-corrected chi connectivity index (χ3v) is 2.32. The number of nitrogens with two attached hydrogens (primary N) is 1. The average Bonchev–Trinajstić information content (AvgIpc) is 2.30. The molecule has 1 aliphatic rings. The highest BCUT2D eigenvalue weighted by Crippen LogP contribution is 1.95. The minimum absolute atomic E-state index is 0.303. The van der Waals surface area contributed by atoms with Crippen LogP contribution < -0.4 is 11.1 Å². The van der Waals surface area contributed by atoms with Gasteiger partial charge < -0.3 is 21.3 Å². The second-order valence-electron chi connectivity index (χ2n) is 3.86. The predicted molar refractivity (Wildman–Crippen MR) is 67.4 cm³/mol. The Hall–Kier alpha value is -1.44. The molecule has 0 radical (unpaired) electrons. The molecule has 1 saturated heterocycles. The standard InChI is InChI=1S/C6H15N3.C5H6O4/c7-1-4-9-5-2-8-3-6-9;1-3(5(8)9)2-4(6)7/h8H,1-7H2;1-2H2,(H,6,7)(H,8,9). The molecule has 104 valence electrons. The van der Waals surface area contributed by atoms with Crippen LogP contribution in [0.1, 0.15) is 6.42 Å². The molecule has 0 aromatic rings. The van der Waals surface area contributed by atoms with Crippen LogP contribution in [0.3, 0.4) is 0 Å². The molecule has 1 rings (SSSR count). The lowest BCUT2D eigenvalue weighted by atomic mass is 10.2. The molecule has 0 atom stereocenters. The SMILES string of the molecule is C=C(CC(=O)O)C(=O)O.NCCN1CCNCC1. The van der Waals surface area contributed by atoms with E-state index in [9.17, 15) is 9.59 Å². The number of carboxylic acids is 2. The first-order chi connectivity index (χ1) is 8.47. The summed E-state index contributed by atoms with van der Waals surface area (Å²) in [6, 6.07) is 0. The predicted octanol–water partition coefficient (Wildman–Crippen LogP) is -1.05. The Kier molecular flexibility index (Phi) is 8.81. The van der Waals surface area contributed by atoms with E-state index in [0.29, 0.717) is 0 Å². The highest BCUT2D eigenvalue weighted by atomic mass is 16.4. The number of aliphatic carboxylic acids is 2. The Balaban J connectivity index is 0.000000321. The van der Waals surface area contributed by atoms with E-state index in [0.717, 1.165) is 39.3 Å². The smallest absolute Gasteiger partial charge is 0.331 e. The number of nitrogens with one attached hydrogen (secondary N) is 1. The molecule has 1 heterocycles. The van der Waals surface area contributed by atoms with Crippen LogP contribution in [0, 0.1) is 0 Å². The number of hydrogen-bond donors (Lipinski definition) is 4. The van der Waals surface area contributed by atoms with E-state index in [1.165, 1.54) is 0 Å². The van der Waals surface area contributed by atoms with Crippen LogP contribution in [0.4, 0.5) is 0 Å². The van der Waals surface area contributed by atoms with Crippen LogP contribution in [0.2, 0.25) is 0 Å². The zero-order chi connectivity index (χ0) is 14.0. The summed E-state index contributed by atoms with van der Waals surface area (Å²) in [7, 11) is 0. The fourth-order valence-corrected chi connectivity index (χ4v) is 1.38. The Morgan fingerprint density at radius 1 is 1.28 bits per heavy atom. The van der Waals surface area contributed by atoms with Crippen molar-refractivity contribution in [3.05, 3.63) is 12.2 Å². The van der Waals surface area contributed by atoms with Crippen molar-refractivity contribution in [2.75, 3.05) is 39.3 Å². The van der Waals surface area contributed by atoms with Crippen molar-refractivity contribution in [1.29, 1.82) is 0 Å². The van der Waals surface area contributed by atoms with Crippen molar-refractivity contribution in [3.8, 4) is 0 Å². The monoisotopic (exact) mass is 259 g/mol. The summed E-state index contributed by atoms with van der Waals surface area (Å²) in [5.74, 6) is -2.44. The number of rotatable bonds is 5. The number of carbonyl (C=O) groups is 2. The van der Waals surface area contributed by atoms with Gasteiger partial charge in [0.1, 0.15) is 0 Å². The van der Waals surface area contributed by atoms with Gasteiger partial charge in [0.15, 0.2) is 0 Å². The van der Waals surface area contributed by atoms with Gasteiger partial charge >= 0.3 is 11.9 Å². The fraction of sp³-hybridized carbons (Fsp3) is 0.636. The van der Waals surface area contributed by atoms with Crippen molar-refractivity contribution in [2.24, 2.45) is 5.73 Å². The number of nitrogens with zero attached hydrogens (tertiary/aromatic N) is 1. The molecule has 18 heavy (non-hydrogen) atoms. The van der Waals surface area contributed by atoms with E-state index in [1.54, 1.807) is 0 Å². The summed E-state index contributed by atoms with van der Waals surface area (Å²) in [6.07, 6.45) is -0.505. The molecule has 0 spiro atoms. The van der Waals surface area contributed by atoms with Gasteiger partial charge in [0, 0.05) is 44.8 Å². The molecular weight excluding hydrogens is 238 g/mol. The molecule has 0 bridgehead atoms. The number of piperazine rings is 1. The first-order valence-electron chi connectivity index (χ1n) is 5.73. The first-order valence-corrected chi connectivity index (χ1v) is 5.73. The minimum atomic E-state index is -1.27. The summed E-state index contributed by atoms with van der Waals surface area (Å²) in [6.45, 7) is 9.44. The Bertz CT molecular complexity index is 285. The van der Waals surface area contributed by atoms with Crippen LogP contribution in [-0.4, -0.2) is 66.3 Å². The second kappa shape index (κ2) is 9.58.